The first-order valence-corrected chi connectivity index (χ1v) is 7.95. The van der Waals surface area contributed by atoms with Crippen LogP contribution in [0.25, 0.3) is 0 Å². The number of hydrogen-bond acceptors (Lipinski definition) is 4. The molecule has 5 nitrogen and oxygen atoms in total. The molecule has 1 fully saturated rings. The zero-order chi connectivity index (χ0) is 14.9. The summed E-state index contributed by atoms with van der Waals surface area (Å²) in [5, 5.41) is 7.77. The Kier molecular flexibility index (Phi) is 4.86. The minimum absolute atomic E-state index is 0.0467. The van der Waals surface area contributed by atoms with Gasteiger partial charge in [0, 0.05) is 31.7 Å². The summed E-state index contributed by atoms with van der Waals surface area (Å²) in [5.74, 6) is 0.399. The molecule has 0 bridgehead atoms. The number of nitrogens with zero attached hydrogens (tertiary/aromatic N) is 3. The van der Waals surface area contributed by atoms with Gasteiger partial charge in [-0.05, 0) is 35.7 Å². The van der Waals surface area contributed by atoms with Crippen molar-refractivity contribution in [1.29, 1.82) is 0 Å². The van der Waals surface area contributed by atoms with E-state index in [0.29, 0.717) is 29.0 Å². The quantitative estimate of drug-likeness (QED) is 0.910. The molecule has 1 aromatic rings. The van der Waals surface area contributed by atoms with E-state index in [4.69, 9.17) is 0 Å². The van der Waals surface area contributed by atoms with Crippen molar-refractivity contribution in [3.63, 3.8) is 0 Å². The molecule has 1 aliphatic rings. The summed E-state index contributed by atoms with van der Waals surface area (Å²) in [4.78, 5) is 14.6. The molecule has 0 amide bonds. The maximum absolute atomic E-state index is 12.4. The number of halogens is 1. The van der Waals surface area contributed by atoms with Gasteiger partial charge in [-0.2, -0.15) is 5.10 Å². The van der Waals surface area contributed by atoms with E-state index in [1.807, 2.05) is 6.20 Å². The first-order valence-electron chi connectivity index (χ1n) is 7.15. The van der Waals surface area contributed by atoms with Crippen molar-refractivity contribution in [3.05, 3.63) is 21.0 Å². The standard InChI is InChI=1S/C14H23BrN4O/c1-9(2)7-19-14(20)13(15)12(6-17-19)18-8-10(3)16-5-11(18)4/h6,9-11,16H,5,7-8H2,1-4H3. The number of rotatable bonds is 3. The third-order valence-corrected chi connectivity index (χ3v) is 4.32. The van der Waals surface area contributed by atoms with Crippen LogP contribution in [-0.2, 0) is 6.54 Å². The normalized spacial score (nSPS) is 23.4. The first kappa shape index (κ1) is 15.5. The van der Waals surface area contributed by atoms with Crippen molar-refractivity contribution in [2.45, 2.75) is 46.3 Å². The molecule has 1 aliphatic heterocycles. The van der Waals surface area contributed by atoms with Crippen molar-refractivity contribution < 1.29 is 0 Å². The zero-order valence-electron chi connectivity index (χ0n) is 12.6. The molecule has 0 aliphatic carbocycles. The molecule has 112 valence electrons. The third kappa shape index (κ3) is 3.23. The Hall–Kier alpha value is -0.880. The Bertz CT molecular complexity index is 528. The van der Waals surface area contributed by atoms with Crippen LogP contribution in [0.5, 0.6) is 0 Å². The van der Waals surface area contributed by atoms with Crippen LogP contribution < -0.4 is 15.8 Å². The maximum atomic E-state index is 12.4. The number of nitrogens with one attached hydrogen (secondary N) is 1. The summed E-state index contributed by atoms with van der Waals surface area (Å²) >= 11 is 3.47. The van der Waals surface area contributed by atoms with E-state index >= 15 is 0 Å². The van der Waals surface area contributed by atoms with Crippen molar-refractivity contribution >= 4 is 21.6 Å². The molecule has 1 aromatic heterocycles. The van der Waals surface area contributed by atoms with Crippen LogP contribution in [0.15, 0.2) is 15.5 Å². The smallest absolute Gasteiger partial charge is 0.283 e. The highest BCUT2D eigenvalue weighted by molar-refractivity contribution is 9.10. The van der Waals surface area contributed by atoms with Gasteiger partial charge in [0.1, 0.15) is 4.47 Å². The van der Waals surface area contributed by atoms with Crippen molar-refractivity contribution in [2.75, 3.05) is 18.0 Å². The minimum atomic E-state index is -0.0467. The monoisotopic (exact) mass is 342 g/mol. The second kappa shape index (κ2) is 6.26. The van der Waals surface area contributed by atoms with Crippen molar-refractivity contribution in [1.82, 2.24) is 15.1 Å². The lowest BCUT2D eigenvalue weighted by molar-refractivity contribution is 0.421. The topological polar surface area (TPSA) is 50.2 Å². The number of hydrogen-bond donors (Lipinski definition) is 1. The Morgan fingerprint density at radius 2 is 2.20 bits per heavy atom. The van der Waals surface area contributed by atoms with E-state index in [0.717, 1.165) is 18.8 Å². The van der Waals surface area contributed by atoms with E-state index < -0.39 is 0 Å². The highest BCUT2D eigenvalue weighted by Crippen LogP contribution is 2.25. The lowest BCUT2D eigenvalue weighted by atomic mass is 10.1. The number of aromatic nitrogens is 2. The Labute approximate surface area is 128 Å². The lowest BCUT2D eigenvalue weighted by Gasteiger charge is -2.39. The molecule has 2 rings (SSSR count). The largest absolute Gasteiger partial charge is 0.364 e. The fraction of sp³-hybridized carbons (Fsp3) is 0.714. The molecule has 6 heteroatoms. The van der Waals surface area contributed by atoms with Gasteiger partial charge in [0.2, 0.25) is 0 Å². The molecule has 1 N–H and O–H groups in total. The SMILES string of the molecule is CC(C)Cn1ncc(N2CC(C)NCC2C)c(Br)c1=O. The summed E-state index contributed by atoms with van der Waals surface area (Å²) < 4.78 is 2.16. The average Bonchev–Trinajstić information content (AvgIpc) is 2.38. The van der Waals surface area contributed by atoms with Crippen LogP contribution >= 0.6 is 15.9 Å². The minimum Gasteiger partial charge on any atom is -0.364 e. The summed E-state index contributed by atoms with van der Waals surface area (Å²) in [6.07, 6.45) is 1.81. The van der Waals surface area contributed by atoms with Crippen LogP contribution in [0, 0.1) is 5.92 Å². The fourth-order valence-corrected chi connectivity index (χ4v) is 3.02. The summed E-state index contributed by atoms with van der Waals surface area (Å²) in [6.45, 7) is 10.9. The average molecular weight is 343 g/mol. The van der Waals surface area contributed by atoms with Crippen molar-refractivity contribution in [3.8, 4) is 0 Å². The number of piperazine rings is 1. The summed E-state index contributed by atoms with van der Waals surface area (Å²) in [7, 11) is 0. The van der Waals surface area contributed by atoms with Crippen LogP contribution in [0.4, 0.5) is 5.69 Å². The molecule has 1 saturated heterocycles. The number of anilines is 1. The predicted molar refractivity (Wildman–Crippen MR) is 85.3 cm³/mol. The Morgan fingerprint density at radius 1 is 1.50 bits per heavy atom. The third-order valence-electron chi connectivity index (χ3n) is 3.58. The van der Waals surface area contributed by atoms with E-state index in [9.17, 15) is 4.79 Å². The zero-order valence-corrected chi connectivity index (χ0v) is 14.1. The van der Waals surface area contributed by atoms with Crippen LogP contribution in [0.2, 0.25) is 0 Å². The molecule has 0 aromatic carbocycles. The van der Waals surface area contributed by atoms with Crippen LogP contribution in [-0.4, -0.2) is 35.0 Å². The molecule has 2 heterocycles. The van der Waals surface area contributed by atoms with Gasteiger partial charge in [0.25, 0.3) is 5.56 Å². The molecular weight excluding hydrogens is 320 g/mol. The summed E-state index contributed by atoms with van der Waals surface area (Å²) in [6, 6.07) is 0.765. The molecule has 2 unspecified atom stereocenters. The van der Waals surface area contributed by atoms with Gasteiger partial charge in [-0.15, -0.1) is 0 Å². The van der Waals surface area contributed by atoms with Gasteiger partial charge >= 0.3 is 0 Å². The molecular formula is C14H23BrN4O. The van der Waals surface area contributed by atoms with E-state index in [1.54, 1.807) is 0 Å². The molecule has 0 spiro atoms. The molecule has 0 saturated carbocycles. The van der Waals surface area contributed by atoms with Crippen LogP contribution in [0.3, 0.4) is 0 Å². The van der Waals surface area contributed by atoms with Crippen molar-refractivity contribution in [2.24, 2.45) is 5.92 Å². The van der Waals surface area contributed by atoms with Gasteiger partial charge in [-0.1, -0.05) is 13.8 Å². The summed E-state index contributed by atoms with van der Waals surface area (Å²) in [5.41, 5.74) is 0.852. The van der Waals surface area contributed by atoms with Gasteiger partial charge in [-0.3, -0.25) is 4.79 Å². The maximum Gasteiger partial charge on any atom is 0.283 e. The van der Waals surface area contributed by atoms with Crippen LogP contribution in [0.1, 0.15) is 27.7 Å². The molecule has 2 atom stereocenters. The van der Waals surface area contributed by atoms with E-state index in [1.165, 1.54) is 4.68 Å². The Morgan fingerprint density at radius 3 is 2.85 bits per heavy atom. The van der Waals surface area contributed by atoms with E-state index in [-0.39, 0.29) is 5.56 Å². The second-order valence-electron chi connectivity index (χ2n) is 6.04. The molecule has 0 radical (unpaired) electrons. The van der Waals surface area contributed by atoms with Gasteiger partial charge in [0.15, 0.2) is 0 Å². The van der Waals surface area contributed by atoms with Gasteiger partial charge in [0.05, 0.1) is 11.9 Å². The molecule has 20 heavy (non-hydrogen) atoms. The predicted octanol–water partition coefficient (Wildman–Crippen LogP) is 1.85. The van der Waals surface area contributed by atoms with Gasteiger partial charge < -0.3 is 10.2 Å². The first-order chi connectivity index (χ1) is 9.40. The van der Waals surface area contributed by atoms with E-state index in [2.05, 4.69) is 58.9 Å². The van der Waals surface area contributed by atoms with Gasteiger partial charge in [-0.25, -0.2) is 4.68 Å². The highest BCUT2D eigenvalue weighted by Gasteiger charge is 2.25. The lowest BCUT2D eigenvalue weighted by Crippen LogP contribution is -2.55. The second-order valence-corrected chi connectivity index (χ2v) is 6.83. The Balaban J connectivity index is 2.33. The highest BCUT2D eigenvalue weighted by atomic mass is 79.9. The fourth-order valence-electron chi connectivity index (χ4n) is 2.49.